The summed E-state index contributed by atoms with van der Waals surface area (Å²) < 4.78 is 13.3. The Morgan fingerprint density at radius 2 is 2.00 bits per heavy atom. The van der Waals surface area contributed by atoms with E-state index in [0.717, 1.165) is 26.1 Å². The average Bonchev–Trinajstić information content (AvgIpc) is 2.53. The molecule has 1 saturated heterocycles. The van der Waals surface area contributed by atoms with Gasteiger partial charge >= 0.3 is 0 Å². The maximum absolute atomic E-state index is 13.3. The van der Waals surface area contributed by atoms with E-state index in [1.165, 1.54) is 12.1 Å². The minimum atomic E-state index is -0.683. The zero-order valence-corrected chi connectivity index (χ0v) is 12.0. The Balaban J connectivity index is 2.22. The molecule has 4 nitrogen and oxygen atoms in total. The average molecular weight is 286 g/mol. The summed E-state index contributed by atoms with van der Waals surface area (Å²) in [5.74, 6) is -0.441. The lowest BCUT2D eigenvalue weighted by Crippen LogP contribution is -2.42. The summed E-state index contributed by atoms with van der Waals surface area (Å²) in [5, 5.41) is 18.9. The number of nitrogens with two attached hydrogens (primary N) is 1. The monoisotopic (exact) mass is 286 g/mol. The first kappa shape index (κ1) is 15.4. The Labute approximate surface area is 124 Å². The molecule has 0 spiro atoms. The van der Waals surface area contributed by atoms with Gasteiger partial charge in [-0.3, -0.25) is 0 Å². The molecule has 1 heterocycles. The van der Waals surface area contributed by atoms with Crippen molar-refractivity contribution in [2.75, 3.05) is 26.2 Å². The molecule has 0 radical (unpaired) electrons. The van der Waals surface area contributed by atoms with Crippen LogP contribution in [0.2, 0.25) is 0 Å². The summed E-state index contributed by atoms with van der Waals surface area (Å²) >= 11 is 0. The van der Waals surface area contributed by atoms with E-state index in [4.69, 9.17) is 5.73 Å². The molecule has 0 unspecified atom stereocenters. The van der Waals surface area contributed by atoms with Gasteiger partial charge in [-0.1, -0.05) is 6.07 Å². The van der Waals surface area contributed by atoms with Gasteiger partial charge < -0.3 is 10.6 Å². The Morgan fingerprint density at radius 1 is 1.29 bits per heavy atom. The van der Waals surface area contributed by atoms with E-state index in [0.29, 0.717) is 24.9 Å². The zero-order valence-electron chi connectivity index (χ0n) is 12.0. The van der Waals surface area contributed by atoms with Crippen molar-refractivity contribution in [1.29, 1.82) is 10.5 Å². The topological polar surface area (TPSA) is 76.8 Å². The number of nitriles is 2. The molecule has 0 atom stereocenters. The Hall–Kier alpha value is -1.95. The van der Waals surface area contributed by atoms with E-state index in [1.54, 1.807) is 6.07 Å². The van der Waals surface area contributed by atoms with Gasteiger partial charge in [0, 0.05) is 0 Å². The highest BCUT2D eigenvalue weighted by molar-refractivity contribution is 5.46. The third-order valence-electron chi connectivity index (χ3n) is 4.22. The normalized spacial score (nSPS) is 17.9. The number of hydrogen-bond donors (Lipinski definition) is 1. The third kappa shape index (κ3) is 3.21. The van der Waals surface area contributed by atoms with Crippen molar-refractivity contribution in [3.05, 3.63) is 35.1 Å². The second-order valence-electron chi connectivity index (χ2n) is 5.48. The first-order valence-corrected chi connectivity index (χ1v) is 7.19. The molecule has 1 aliphatic heterocycles. The molecule has 0 saturated carbocycles. The lowest BCUT2D eigenvalue weighted by molar-refractivity contribution is 0.185. The molecule has 2 N–H and O–H groups in total. The molecule has 21 heavy (non-hydrogen) atoms. The number of likely N-dealkylation sites (tertiary alicyclic amines) is 1. The minimum Gasteiger partial charge on any atom is -0.330 e. The lowest BCUT2D eigenvalue weighted by Gasteiger charge is -2.38. The van der Waals surface area contributed by atoms with Gasteiger partial charge in [0.2, 0.25) is 0 Å². The van der Waals surface area contributed by atoms with Crippen molar-refractivity contribution in [1.82, 2.24) is 4.90 Å². The fourth-order valence-electron chi connectivity index (χ4n) is 2.94. The van der Waals surface area contributed by atoms with Gasteiger partial charge in [0.1, 0.15) is 5.82 Å². The van der Waals surface area contributed by atoms with Crippen molar-refractivity contribution in [2.24, 2.45) is 5.73 Å². The first-order valence-electron chi connectivity index (χ1n) is 7.19. The SMILES string of the molecule is N#Cc1cc(F)ccc1C1(C#N)CCN(CCCN)CC1. The first-order chi connectivity index (χ1) is 10.1. The smallest absolute Gasteiger partial charge is 0.124 e. The molecule has 1 aromatic rings. The Kier molecular flexibility index (Phi) is 4.90. The van der Waals surface area contributed by atoms with Gasteiger partial charge in [0.05, 0.1) is 23.1 Å². The molecule has 1 aliphatic rings. The van der Waals surface area contributed by atoms with E-state index in [-0.39, 0.29) is 5.56 Å². The number of piperidine rings is 1. The zero-order chi connectivity index (χ0) is 15.3. The minimum absolute atomic E-state index is 0.270. The van der Waals surface area contributed by atoms with E-state index in [1.807, 2.05) is 6.07 Å². The molecule has 0 aliphatic carbocycles. The Morgan fingerprint density at radius 3 is 2.57 bits per heavy atom. The van der Waals surface area contributed by atoms with Gasteiger partial charge in [-0.05, 0) is 63.1 Å². The van der Waals surface area contributed by atoms with Crippen molar-refractivity contribution in [3.8, 4) is 12.1 Å². The molecule has 110 valence electrons. The van der Waals surface area contributed by atoms with Crippen LogP contribution in [0.15, 0.2) is 18.2 Å². The van der Waals surface area contributed by atoms with Crippen molar-refractivity contribution >= 4 is 0 Å². The van der Waals surface area contributed by atoms with Crippen LogP contribution in [-0.2, 0) is 5.41 Å². The maximum Gasteiger partial charge on any atom is 0.124 e. The van der Waals surface area contributed by atoms with Crippen molar-refractivity contribution in [2.45, 2.75) is 24.7 Å². The van der Waals surface area contributed by atoms with E-state index in [9.17, 15) is 14.9 Å². The van der Waals surface area contributed by atoms with Crippen LogP contribution in [-0.4, -0.2) is 31.1 Å². The molecule has 1 aromatic carbocycles. The van der Waals surface area contributed by atoms with Crippen LogP contribution in [0.3, 0.4) is 0 Å². The van der Waals surface area contributed by atoms with Crippen LogP contribution in [0.1, 0.15) is 30.4 Å². The molecule has 5 heteroatoms. The highest BCUT2D eigenvalue weighted by atomic mass is 19.1. The maximum atomic E-state index is 13.3. The number of hydrogen-bond acceptors (Lipinski definition) is 4. The quantitative estimate of drug-likeness (QED) is 0.917. The van der Waals surface area contributed by atoms with Crippen molar-refractivity contribution in [3.63, 3.8) is 0 Å². The largest absolute Gasteiger partial charge is 0.330 e. The third-order valence-corrected chi connectivity index (χ3v) is 4.22. The summed E-state index contributed by atoms with van der Waals surface area (Å²) in [4.78, 5) is 2.29. The fraction of sp³-hybridized carbons (Fsp3) is 0.500. The molecule has 0 amide bonds. The molecule has 1 fully saturated rings. The molecule has 0 bridgehead atoms. The number of nitrogens with zero attached hydrogens (tertiary/aromatic N) is 3. The predicted octanol–water partition coefficient (Wildman–Crippen LogP) is 1.90. The van der Waals surface area contributed by atoms with Crippen LogP contribution in [0, 0.1) is 28.5 Å². The van der Waals surface area contributed by atoms with E-state index < -0.39 is 11.2 Å². The van der Waals surface area contributed by atoms with Crippen molar-refractivity contribution < 1.29 is 4.39 Å². The molecular weight excluding hydrogens is 267 g/mol. The van der Waals surface area contributed by atoms with Gasteiger partial charge in [-0.25, -0.2) is 4.39 Å². The predicted molar refractivity (Wildman–Crippen MR) is 77.8 cm³/mol. The molecule has 2 rings (SSSR count). The number of rotatable bonds is 4. The standard InChI is InChI=1S/C16H19FN4/c17-14-2-3-15(13(10-14)11-19)16(12-20)4-8-21(9-5-16)7-1-6-18/h2-3,10H,1,4-9,18H2. The van der Waals surface area contributed by atoms with Gasteiger partial charge in [0.25, 0.3) is 0 Å². The van der Waals surface area contributed by atoms with Crippen LogP contribution in [0.25, 0.3) is 0 Å². The van der Waals surface area contributed by atoms with E-state index >= 15 is 0 Å². The van der Waals surface area contributed by atoms with Crippen LogP contribution < -0.4 is 5.73 Å². The van der Waals surface area contributed by atoms with Crippen LogP contribution >= 0.6 is 0 Å². The van der Waals surface area contributed by atoms with Gasteiger partial charge in [-0.2, -0.15) is 10.5 Å². The lowest BCUT2D eigenvalue weighted by atomic mass is 9.72. The number of halogens is 1. The highest BCUT2D eigenvalue weighted by Gasteiger charge is 2.38. The summed E-state index contributed by atoms with van der Waals surface area (Å²) in [6.07, 6.45) is 2.27. The van der Waals surface area contributed by atoms with Gasteiger partial charge in [-0.15, -0.1) is 0 Å². The molecular formula is C16H19FN4. The molecule has 0 aromatic heterocycles. The van der Waals surface area contributed by atoms with Gasteiger partial charge in [0.15, 0.2) is 0 Å². The summed E-state index contributed by atoms with van der Waals surface area (Å²) in [6, 6.07) is 8.53. The summed E-state index contributed by atoms with van der Waals surface area (Å²) in [5.41, 5.74) is 5.77. The second-order valence-corrected chi connectivity index (χ2v) is 5.48. The number of benzene rings is 1. The Bertz CT molecular complexity index is 577. The van der Waals surface area contributed by atoms with Crippen LogP contribution in [0.4, 0.5) is 4.39 Å². The fourth-order valence-corrected chi connectivity index (χ4v) is 2.94. The second kappa shape index (κ2) is 6.67. The summed E-state index contributed by atoms with van der Waals surface area (Å²) in [6.45, 7) is 3.20. The van der Waals surface area contributed by atoms with Crippen LogP contribution in [0.5, 0.6) is 0 Å². The highest BCUT2D eigenvalue weighted by Crippen LogP contribution is 2.37. The summed E-state index contributed by atoms with van der Waals surface area (Å²) in [7, 11) is 0. The van der Waals surface area contributed by atoms with E-state index in [2.05, 4.69) is 11.0 Å².